The Morgan fingerprint density at radius 2 is 2.00 bits per heavy atom. The van der Waals surface area contributed by atoms with Gasteiger partial charge >= 0.3 is 11.9 Å². The average Bonchev–Trinajstić information content (AvgIpc) is 2.45. The Morgan fingerprint density at radius 3 is 2.38 bits per heavy atom. The molecule has 1 aliphatic rings. The van der Waals surface area contributed by atoms with Crippen LogP contribution in [0.25, 0.3) is 0 Å². The van der Waals surface area contributed by atoms with Crippen molar-refractivity contribution in [2.24, 2.45) is 11.3 Å². The number of carbonyl (C=O) groups excluding carboxylic acids is 2. The number of carbonyl (C=O) groups is 2. The second-order valence-corrected chi connectivity index (χ2v) is 5.06. The highest BCUT2D eigenvalue weighted by Crippen LogP contribution is 2.28. The molecule has 1 rings (SSSR count). The summed E-state index contributed by atoms with van der Waals surface area (Å²) < 4.78 is 10.3. The second-order valence-electron chi connectivity index (χ2n) is 5.06. The van der Waals surface area contributed by atoms with Crippen molar-refractivity contribution in [3.05, 3.63) is 0 Å². The molecule has 4 heteroatoms. The number of hydrogen-bond acceptors (Lipinski definition) is 4. The fourth-order valence-electron chi connectivity index (χ4n) is 1.39. The first-order chi connectivity index (χ1) is 7.29. The van der Waals surface area contributed by atoms with Gasteiger partial charge in [-0.1, -0.05) is 13.8 Å². The fraction of sp³-hybridized carbons (Fsp3) is 0.833. The van der Waals surface area contributed by atoms with E-state index in [4.69, 9.17) is 9.47 Å². The van der Waals surface area contributed by atoms with Gasteiger partial charge in [-0.25, -0.2) is 4.79 Å². The summed E-state index contributed by atoms with van der Waals surface area (Å²) in [7, 11) is 0. The third kappa shape index (κ3) is 2.36. The minimum atomic E-state index is -0.742. The van der Waals surface area contributed by atoms with Crippen LogP contribution in [0.1, 0.15) is 41.0 Å². The lowest BCUT2D eigenvalue weighted by molar-refractivity contribution is -0.168. The maximum Gasteiger partial charge on any atom is 0.348 e. The summed E-state index contributed by atoms with van der Waals surface area (Å²) >= 11 is 0. The van der Waals surface area contributed by atoms with Crippen LogP contribution in [0.5, 0.6) is 0 Å². The molecule has 1 aliphatic heterocycles. The van der Waals surface area contributed by atoms with Crippen LogP contribution in [-0.4, -0.2) is 24.1 Å². The molecule has 92 valence electrons. The van der Waals surface area contributed by atoms with Crippen LogP contribution in [0.15, 0.2) is 0 Å². The van der Waals surface area contributed by atoms with Crippen LogP contribution < -0.4 is 0 Å². The van der Waals surface area contributed by atoms with E-state index in [1.54, 1.807) is 6.92 Å². The van der Waals surface area contributed by atoms with Gasteiger partial charge in [0, 0.05) is 5.92 Å². The summed E-state index contributed by atoms with van der Waals surface area (Å²) in [6, 6.07) is 0. The Morgan fingerprint density at radius 1 is 1.44 bits per heavy atom. The summed E-state index contributed by atoms with van der Waals surface area (Å²) in [5, 5.41) is 0. The van der Waals surface area contributed by atoms with Gasteiger partial charge in [0.05, 0.1) is 5.41 Å². The zero-order valence-electron chi connectivity index (χ0n) is 10.6. The summed E-state index contributed by atoms with van der Waals surface area (Å²) in [5.74, 6) is -0.845. The van der Waals surface area contributed by atoms with Crippen LogP contribution in [0.4, 0.5) is 0 Å². The van der Waals surface area contributed by atoms with E-state index in [0.717, 1.165) is 0 Å². The molecule has 0 bridgehead atoms. The predicted octanol–water partition coefficient (Wildman–Crippen LogP) is 1.92. The first-order valence-corrected chi connectivity index (χ1v) is 5.71. The van der Waals surface area contributed by atoms with Crippen molar-refractivity contribution in [1.82, 2.24) is 0 Å². The molecule has 0 amide bonds. The topological polar surface area (TPSA) is 52.6 Å². The summed E-state index contributed by atoms with van der Waals surface area (Å²) in [4.78, 5) is 23.3. The maximum absolute atomic E-state index is 11.8. The molecule has 0 spiro atoms. The monoisotopic (exact) mass is 228 g/mol. The molecule has 0 aromatic heterocycles. The van der Waals surface area contributed by atoms with Gasteiger partial charge in [-0.3, -0.25) is 4.79 Å². The van der Waals surface area contributed by atoms with Crippen molar-refractivity contribution in [2.45, 2.75) is 53.2 Å². The van der Waals surface area contributed by atoms with E-state index in [1.165, 1.54) is 0 Å². The molecule has 0 N–H and O–H groups in total. The average molecular weight is 228 g/mol. The Hall–Kier alpha value is -1.06. The van der Waals surface area contributed by atoms with Crippen LogP contribution >= 0.6 is 0 Å². The quantitative estimate of drug-likeness (QED) is 0.692. The molecule has 4 nitrogen and oxygen atoms in total. The van der Waals surface area contributed by atoms with Crippen LogP contribution in [0, 0.1) is 11.3 Å². The molecule has 0 saturated carbocycles. The summed E-state index contributed by atoms with van der Waals surface area (Å²) in [6.07, 6.45) is -0.249. The highest BCUT2D eigenvalue weighted by molar-refractivity contribution is 5.83. The Bertz CT molecular complexity index is 295. The molecular formula is C12H20O4. The molecule has 3 unspecified atom stereocenters. The number of cyclic esters (lactones) is 1. The molecule has 3 atom stereocenters. The Balaban J connectivity index is 2.68. The molecule has 1 fully saturated rings. The van der Waals surface area contributed by atoms with Crippen molar-refractivity contribution in [2.75, 3.05) is 0 Å². The molecule has 0 radical (unpaired) electrons. The number of rotatable bonds is 3. The van der Waals surface area contributed by atoms with E-state index in [1.807, 2.05) is 27.7 Å². The second kappa shape index (κ2) is 4.44. The summed E-state index contributed by atoms with van der Waals surface area (Å²) in [5.41, 5.74) is -0.550. The molecule has 0 aromatic carbocycles. The first-order valence-electron chi connectivity index (χ1n) is 5.71. The molecule has 0 aliphatic carbocycles. The van der Waals surface area contributed by atoms with Gasteiger partial charge in [0.2, 0.25) is 6.10 Å². The van der Waals surface area contributed by atoms with E-state index < -0.39 is 17.5 Å². The minimum Gasteiger partial charge on any atom is -0.459 e. The third-order valence-corrected chi connectivity index (χ3v) is 3.42. The zero-order valence-corrected chi connectivity index (χ0v) is 10.6. The Labute approximate surface area is 96.3 Å². The van der Waals surface area contributed by atoms with Crippen LogP contribution in [-0.2, 0) is 19.1 Å². The van der Waals surface area contributed by atoms with E-state index in [-0.39, 0.29) is 18.0 Å². The lowest BCUT2D eigenvalue weighted by Crippen LogP contribution is -2.35. The van der Waals surface area contributed by atoms with Crippen molar-refractivity contribution in [3.8, 4) is 0 Å². The van der Waals surface area contributed by atoms with Gasteiger partial charge in [-0.2, -0.15) is 0 Å². The van der Waals surface area contributed by atoms with E-state index in [9.17, 15) is 9.59 Å². The van der Waals surface area contributed by atoms with E-state index in [0.29, 0.717) is 6.42 Å². The van der Waals surface area contributed by atoms with Crippen molar-refractivity contribution in [1.29, 1.82) is 0 Å². The maximum atomic E-state index is 11.8. The molecule has 1 heterocycles. The minimum absolute atomic E-state index is 0.0795. The molecule has 1 saturated heterocycles. The lowest BCUT2D eigenvalue weighted by Gasteiger charge is -2.23. The summed E-state index contributed by atoms with van der Waals surface area (Å²) in [6.45, 7) is 9.20. The molecular weight excluding hydrogens is 208 g/mol. The van der Waals surface area contributed by atoms with Gasteiger partial charge < -0.3 is 9.47 Å². The third-order valence-electron chi connectivity index (χ3n) is 3.42. The lowest BCUT2D eigenvalue weighted by atomic mass is 9.90. The fourth-order valence-corrected chi connectivity index (χ4v) is 1.39. The highest BCUT2D eigenvalue weighted by Gasteiger charge is 2.44. The normalized spacial score (nSPS) is 30.1. The first kappa shape index (κ1) is 13.0. The van der Waals surface area contributed by atoms with Crippen molar-refractivity contribution < 1.29 is 19.1 Å². The van der Waals surface area contributed by atoms with Crippen molar-refractivity contribution >= 4 is 11.9 Å². The standard InChI is InChI=1S/C12H20O4/c1-6-12(4,5)11(14)16-9-7(2)8(3)15-10(9)13/h7-9H,6H2,1-5H3. The largest absolute Gasteiger partial charge is 0.459 e. The van der Waals surface area contributed by atoms with E-state index in [2.05, 4.69) is 0 Å². The van der Waals surface area contributed by atoms with Gasteiger partial charge in [0.25, 0.3) is 0 Å². The van der Waals surface area contributed by atoms with Gasteiger partial charge in [-0.15, -0.1) is 0 Å². The highest BCUT2D eigenvalue weighted by atomic mass is 16.6. The number of hydrogen-bond donors (Lipinski definition) is 0. The Kier molecular flexibility index (Phi) is 3.61. The van der Waals surface area contributed by atoms with Crippen LogP contribution in [0.3, 0.4) is 0 Å². The molecule has 0 aromatic rings. The van der Waals surface area contributed by atoms with Crippen LogP contribution in [0.2, 0.25) is 0 Å². The molecule has 16 heavy (non-hydrogen) atoms. The van der Waals surface area contributed by atoms with E-state index >= 15 is 0 Å². The number of ether oxygens (including phenoxy) is 2. The smallest absolute Gasteiger partial charge is 0.348 e. The van der Waals surface area contributed by atoms with Gasteiger partial charge in [-0.05, 0) is 27.2 Å². The SMILES string of the molecule is CCC(C)(C)C(=O)OC1C(=O)OC(C)C1C. The predicted molar refractivity (Wildman–Crippen MR) is 58.7 cm³/mol. The number of esters is 2. The zero-order chi connectivity index (χ0) is 12.5. The van der Waals surface area contributed by atoms with Crippen molar-refractivity contribution in [3.63, 3.8) is 0 Å². The van der Waals surface area contributed by atoms with Gasteiger partial charge in [0.15, 0.2) is 0 Å². The van der Waals surface area contributed by atoms with Gasteiger partial charge in [0.1, 0.15) is 6.10 Å².